The number of benzene rings is 1. The van der Waals surface area contributed by atoms with Crippen LogP contribution in [0, 0.1) is 0 Å². The Morgan fingerprint density at radius 3 is 2.41 bits per heavy atom. The molecule has 1 aromatic rings. The molecule has 2 rings (SSSR count). The molecule has 1 aromatic carbocycles. The van der Waals surface area contributed by atoms with Crippen molar-refractivity contribution < 1.29 is 14.4 Å². The van der Waals surface area contributed by atoms with Crippen molar-refractivity contribution in [3.63, 3.8) is 0 Å². The van der Waals surface area contributed by atoms with E-state index in [1.807, 2.05) is 0 Å². The Hall–Kier alpha value is -2.37. The zero-order valence-corrected chi connectivity index (χ0v) is 12.7. The normalized spacial score (nSPS) is 15.1. The van der Waals surface area contributed by atoms with Gasteiger partial charge in [0.2, 0.25) is 0 Å². The van der Waals surface area contributed by atoms with Crippen molar-refractivity contribution in [1.82, 2.24) is 4.90 Å². The highest BCUT2D eigenvalue weighted by Gasteiger charge is 2.27. The van der Waals surface area contributed by atoms with Crippen molar-refractivity contribution in [2.45, 2.75) is 38.1 Å². The third-order valence-electron chi connectivity index (χ3n) is 4.08. The van der Waals surface area contributed by atoms with Crippen LogP contribution in [0.4, 0.5) is 5.69 Å². The number of amides is 3. The molecular weight excluding hydrogens is 282 g/mol. The zero-order valence-electron chi connectivity index (χ0n) is 12.7. The summed E-state index contributed by atoms with van der Waals surface area (Å²) < 4.78 is 0. The number of hydrogen-bond acceptors (Lipinski definition) is 3. The molecule has 1 fully saturated rings. The highest BCUT2D eigenvalue weighted by atomic mass is 16.2. The average molecular weight is 303 g/mol. The standard InChI is InChI=1S/C16H21N3O3/c1-19(11-7-3-2-4-8-11)16(22)15(21)18-13-10-6-5-9-12(13)14(17)20/h5-6,9-11H,2-4,7-8H2,1H3,(H2,17,20)(H,18,21). The number of likely N-dealkylation sites (N-methyl/N-ethyl adjacent to an activating group) is 1. The van der Waals surface area contributed by atoms with Crippen LogP contribution in [0.5, 0.6) is 0 Å². The number of anilines is 1. The van der Waals surface area contributed by atoms with Crippen LogP contribution in [0.15, 0.2) is 24.3 Å². The van der Waals surface area contributed by atoms with Crippen LogP contribution < -0.4 is 11.1 Å². The van der Waals surface area contributed by atoms with Crippen LogP contribution >= 0.6 is 0 Å². The molecule has 3 amide bonds. The minimum atomic E-state index is -0.748. The van der Waals surface area contributed by atoms with Crippen molar-refractivity contribution >= 4 is 23.4 Å². The summed E-state index contributed by atoms with van der Waals surface area (Å²) in [5.74, 6) is -1.99. The molecule has 3 N–H and O–H groups in total. The van der Waals surface area contributed by atoms with Gasteiger partial charge < -0.3 is 16.0 Å². The van der Waals surface area contributed by atoms with Gasteiger partial charge >= 0.3 is 11.8 Å². The molecule has 0 heterocycles. The molecule has 1 aliphatic rings. The zero-order chi connectivity index (χ0) is 16.1. The lowest BCUT2D eigenvalue weighted by Crippen LogP contribution is -2.44. The number of primary amides is 1. The Bertz CT molecular complexity index is 580. The Labute approximate surface area is 129 Å². The maximum atomic E-state index is 12.2. The predicted molar refractivity (Wildman–Crippen MR) is 83.2 cm³/mol. The molecule has 0 atom stereocenters. The van der Waals surface area contributed by atoms with Gasteiger partial charge in [-0.15, -0.1) is 0 Å². The summed E-state index contributed by atoms with van der Waals surface area (Å²) in [6, 6.07) is 6.47. The number of nitrogens with zero attached hydrogens (tertiary/aromatic N) is 1. The molecular formula is C16H21N3O3. The lowest BCUT2D eigenvalue weighted by atomic mass is 9.94. The molecule has 118 valence electrons. The van der Waals surface area contributed by atoms with Crippen molar-refractivity contribution in [2.75, 3.05) is 12.4 Å². The summed E-state index contributed by atoms with van der Waals surface area (Å²) in [6.45, 7) is 0. The fraction of sp³-hybridized carbons (Fsp3) is 0.438. The first-order chi connectivity index (χ1) is 10.5. The molecule has 22 heavy (non-hydrogen) atoms. The van der Waals surface area contributed by atoms with E-state index in [1.54, 1.807) is 25.2 Å². The SMILES string of the molecule is CN(C(=O)C(=O)Nc1ccccc1C(N)=O)C1CCCCC1. The van der Waals surface area contributed by atoms with Crippen LogP contribution in [-0.4, -0.2) is 35.7 Å². The summed E-state index contributed by atoms with van der Waals surface area (Å²) in [6.07, 6.45) is 5.18. The van der Waals surface area contributed by atoms with E-state index in [2.05, 4.69) is 5.32 Å². The van der Waals surface area contributed by atoms with Gasteiger partial charge in [-0.05, 0) is 25.0 Å². The number of para-hydroxylation sites is 1. The summed E-state index contributed by atoms with van der Waals surface area (Å²) >= 11 is 0. The maximum Gasteiger partial charge on any atom is 0.313 e. The average Bonchev–Trinajstić information content (AvgIpc) is 2.54. The topological polar surface area (TPSA) is 92.5 Å². The van der Waals surface area contributed by atoms with E-state index in [0.717, 1.165) is 25.7 Å². The van der Waals surface area contributed by atoms with Gasteiger partial charge in [-0.3, -0.25) is 14.4 Å². The third kappa shape index (κ3) is 3.63. The van der Waals surface area contributed by atoms with Crippen LogP contribution in [0.25, 0.3) is 0 Å². The quantitative estimate of drug-likeness (QED) is 0.829. The molecule has 1 aliphatic carbocycles. The van der Waals surface area contributed by atoms with Gasteiger partial charge in [0.1, 0.15) is 0 Å². The Morgan fingerprint density at radius 1 is 1.14 bits per heavy atom. The largest absolute Gasteiger partial charge is 0.366 e. The van der Waals surface area contributed by atoms with Crippen LogP contribution in [0.2, 0.25) is 0 Å². The fourth-order valence-corrected chi connectivity index (χ4v) is 2.78. The molecule has 6 nitrogen and oxygen atoms in total. The van der Waals surface area contributed by atoms with E-state index in [4.69, 9.17) is 5.73 Å². The second kappa shape index (κ2) is 7.06. The highest BCUT2D eigenvalue weighted by Crippen LogP contribution is 2.22. The molecule has 0 unspecified atom stereocenters. The molecule has 0 aromatic heterocycles. The molecule has 0 spiro atoms. The first-order valence-corrected chi connectivity index (χ1v) is 7.47. The molecule has 0 aliphatic heterocycles. The molecule has 0 bridgehead atoms. The lowest BCUT2D eigenvalue weighted by Gasteiger charge is -2.30. The molecule has 6 heteroatoms. The smallest absolute Gasteiger partial charge is 0.313 e. The Kier molecular flexibility index (Phi) is 5.14. The third-order valence-corrected chi connectivity index (χ3v) is 4.08. The summed E-state index contributed by atoms with van der Waals surface area (Å²) in [5.41, 5.74) is 5.70. The summed E-state index contributed by atoms with van der Waals surface area (Å²) in [7, 11) is 1.65. The van der Waals surface area contributed by atoms with E-state index in [9.17, 15) is 14.4 Å². The first kappa shape index (κ1) is 16.0. The van der Waals surface area contributed by atoms with Gasteiger partial charge in [0, 0.05) is 13.1 Å². The second-order valence-corrected chi connectivity index (χ2v) is 5.57. The Morgan fingerprint density at radius 2 is 1.77 bits per heavy atom. The van der Waals surface area contributed by atoms with Crippen molar-refractivity contribution in [3.05, 3.63) is 29.8 Å². The number of hydrogen-bond donors (Lipinski definition) is 2. The van der Waals surface area contributed by atoms with Gasteiger partial charge in [-0.1, -0.05) is 31.4 Å². The number of carbonyl (C=O) groups excluding carboxylic acids is 3. The van der Waals surface area contributed by atoms with Crippen molar-refractivity contribution in [1.29, 1.82) is 0 Å². The van der Waals surface area contributed by atoms with Crippen LogP contribution in [0.3, 0.4) is 0 Å². The predicted octanol–water partition coefficient (Wildman–Crippen LogP) is 1.52. The minimum Gasteiger partial charge on any atom is -0.366 e. The monoisotopic (exact) mass is 303 g/mol. The summed E-state index contributed by atoms with van der Waals surface area (Å²) in [4.78, 5) is 37.2. The number of nitrogens with two attached hydrogens (primary N) is 1. The van der Waals surface area contributed by atoms with Crippen LogP contribution in [-0.2, 0) is 9.59 Å². The van der Waals surface area contributed by atoms with E-state index in [-0.39, 0.29) is 17.3 Å². The first-order valence-electron chi connectivity index (χ1n) is 7.47. The maximum absolute atomic E-state index is 12.2. The summed E-state index contributed by atoms with van der Waals surface area (Å²) in [5, 5.41) is 2.48. The van der Waals surface area contributed by atoms with Gasteiger partial charge in [-0.2, -0.15) is 0 Å². The molecule has 0 radical (unpaired) electrons. The Balaban J connectivity index is 2.05. The number of carbonyl (C=O) groups is 3. The highest BCUT2D eigenvalue weighted by molar-refractivity contribution is 6.39. The minimum absolute atomic E-state index is 0.110. The second-order valence-electron chi connectivity index (χ2n) is 5.57. The fourth-order valence-electron chi connectivity index (χ4n) is 2.78. The van der Waals surface area contributed by atoms with E-state index >= 15 is 0 Å². The van der Waals surface area contributed by atoms with Gasteiger partial charge in [-0.25, -0.2) is 0 Å². The van der Waals surface area contributed by atoms with Crippen molar-refractivity contribution in [2.24, 2.45) is 5.73 Å². The van der Waals surface area contributed by atoms with E-state index in [1.165, 1.54) is 17.4 Å². The number of rotatable bonds is 3. The van der Waals surface area contributed by atoms with Gasteiger partial charge in [0.25, 0.3) is 5.91 Å². The number of nitrogens with one attached hydrogen (secondary N) is 1. The lowest BCUT2D eigenvalue weighted by molar-refractivity contribution is -0.144. The van der Waals surface area contributed by atoms with E-state index in [0.29, 0.717) is 0 Å². The van der Waals surface area contributed by atoms with Crippen molar-refractivity contribution in [3.8, 4) is 0 Å². The van der Waals surface area contributed by atoms with Gasteiger partial charge in [0.15, 0.2) is 0 Å². The molecule has 1 saturated carbocycles. The van der Waals surface area contributed by atoms with Gasteiger partial charge in [0.05, 0.1) is 11.3 Å². The molecule has 0 saturated heterocycles. The van der Waals surface area contributed by atoms with E-state index < -0.39 is 17.7 Å². The van der Waals surface area contributed by atoms with Crippen LogP contribution in [0.1, 0.15) is 42.5 Å².